The zero-order chi connectivity index (χ0) is 19.2. The van der Waals surface area contributed by atoms with Gasteiger partial charge in [-0.1, -0.05) is 23.4 Å². The van der Waals surface area contributed by atoms with Crippen LogP contribution < -0.4 is 10.5 Å². The first kappa shape index (κ1) is 17.5. The van der Waals surface area contributed by atoms with Gasteiger partial charge >= 0.3 is 0 Å². The topological polar surface area (TPSA) is 131 Å². The van der Waals surface area contributed by atoms with Gasteiger partial charge in [0.05, 0.1) is 11.9 Å². The summed E-state index contributed by atoms with van der Waals surface area (Å²) in [6.07, 6.45) is 2.55. The Morgan fingerprint density at radius 3 is 2.85 bits per heavy atom. The van der Waals surface area contributed by atoms with Crippen molar-refractivity contribution in [3.8, 4) is 28.6 Å². The molecule has 0 radical (unpaired) electrons. The summed E-state index contributed by atoms with van der Waals surface area (Å²) in [5.74, 6) is 0.704. The molecule has 0 aliphatic heterocycles. The predicted octanol–water partition coefficient (Wildman–Crippen LogP) is 2.23. The summed E-state index contributed by atoms with van der Waals surface area (Å²) in [5.41, 5.74) is 9.30. The van der Waals surface area contributed by atoms with Gasteiger partial charge in [-0.15, -0.1) is 0 Å². The van der Waals surface area contributed by atoms with Crippen LogP contribution >= 0.6 is 0 Å². The number of sulfonamides is 1. The van der Waals surface area contributed by atoms with Gasteiger partial charge in [0.2, 0.25) is 15.8 Å². The van der Waals surface area contributed by atoms with Gasteiger partial charge < -0.3 is 15.4 Å². The second-order valence-corrected chi connectivity index (χ2v) is 8.33. The quantitative estimate of drug-likeness (QED) is 0.463. The molecule has 0 bridgehead atoms. The molecule has 0 fully saturated rings. The number of nitrogens with zero attached hydrogens (tertiary/aromatic N) is 2. The van der Waals surface area contributed by atoms with Crippen LogP contribution in [-0.4, -0.2) is 29.9 Å². The van der Waals surface area contributed by atoms with E-state index >= 15 is 0 Å². The van der Waals surface area contributed by atoms with E-state index in [1.54, 1.807) is 12.1 Å². The molecule has 2 aromatic carbocycles. The van der Waals surface area contributed by atoms with Gasteiger partial charge in [0, 0.05) is 17.2 Å². The van der Waals surface area contributed by atoms with Crippen LogP contribution in [0.3, 0.4) is 0 Å². The van der Waals surface area contributed by atoms with Gasteiger partial charge in [-0.05, 0) is 42.2 Å². The van der Waals surface area contributed by atoms with Crippen molar-refractivity contribution in [2.24, 2.45) is 0 Å². The Bertz CT molecular complexity index is 1120. The number of anilines is 1. The molecule has 4 N–H and O–H groups in total. The van der Waals surface area contributed by atoms with Gasteiger partial charge in [0.25, 0.3) is 5.89 Å². The number of hydrogen-bond donors (Lipinski definition) is 3. The Morgan fingerprint density at radius 2 is 2.11 bits per heavy atom. The maximum Gasteiger partial charge on any atom is 0.258 e. The third-order valence-corrected chi connectivity index (χ3v) is 5.28. The lowest BCUT2D eigenvalue weighted by atomic mass is 10.0. The molecule has 0 saturated carbocycles. The van der Waals surface area contributed by atoms with Gasteiger partial charge in [-0.25, -0.2) is 13.1 Å². The molecule has 8 nitrogen and oxygen atoms in total. The molecule has 1 heterocycles. The van der Waals surface area contributed by atoms with Crippen molar-refractivity contribution in [2.45, 2.75) is 18.9 Å². The fourth-order valence-corrected chi connectivity index (χ4v) is 4.14. The maximum atomic E-state index is 11.6. The molecule has 1 aromatic heterocycles. The lowest BCUT2D eigenvalue weighted by Crippen LogP contribution is -2.25. The summed E-state index contributed by atoms with van der Waals surface area (Å²) in [7, 11) is -3.30. The minimum absolute atomic E-state index is 0.0104. The SMILES string of the molecule is CS(=O)(=O)N[C@H]1CCc2c(-c3noc(-c4ccc(O)c(N)c4)n3)cccc21. The van der Waals surface area contributed by atoms with E-state index in [-0.39, 0.29) is 23.4 Å². The highest BCUT2D eigenvalue weighted by atomic mass is 32.2. The van der Waals surface area contributed by atoms with E-state index in [1.165, 1.54) is 6.07 Å². The zero-order valence-corrected chi connectivity index (χ0v) is 15.3. The highest BCUT2D eigenvalue weighted by Gasteiger charge is 2.28. The molecule has 0 spiro atoms. The van der Waals surface area contributed by atoms with Crippen molar-refractivity contribution in [1.29, 1.82) is 0 Å². The van der Waals surface area contributed by atoms with Gasteiger partial charge in [-0.3, -0.25) is 0 Å². The Kier molecular flexibility index (Phi) is 4.12. The van der Waals surface area contributed by atoms with Crippen LogP contribution in [0.1, 0.15) is 23.6 Å². The molecule has 140 valence electrons. The van der Waals surface area contributed by atoms with Crippen molar-refractivity contribution in [3.63, 3.8) is 0 Å². The number of nitrogens with two attached hydrogens (primary N) is 1. The third-order valence-electron chi connectivity index (χ3n) is 4.57. The number of aromatic nitrogens is 2. The Balaban J connectivity index is 1.70. The molecular formula is C18H18N4O4S. The number of phenolic OH excluding ortho intramolecular Hbond substituents is 1. The molecule has 4 rings (SSSR count). The van der Waals surface area contributed by atoms with Crippen LogP contribution in [0.25, 0.3) is 22.8 Å². The van der Waals surface area contributed by atoms with Crippen LogP contribution in [0.4, 0.5) is 5.69 Å². The molecule has 3 aromatic rings. The molecule has 27 heavy (non-hydrogen) atoms. The molecule has 1 atom stereocenters. The van der Waals surface area contributed by atoms with E-state index < -0.39 is 10.0 Å². The molecule has 0 saturated heterocycles. The second kappa shape index (κ2) is 6.36. The first-order chi connectivity index (χ1) is 12.8. The average Bonchev–Trinajstić information content (AvgIpc) is 3.24. The van der Waals surface area contributed by atoms with Crippen molar-refractivity contribution in [1.82, 2.24) is 14.9 Å². The first-order valence-corrected chi connectivity index (χ1v) is 10.2. The van der Waals surface area contributed by atoms with Crippen molar-refractivity contribution in [3.05, 3.63) is 47.5 Å². The Hall–Kier alpha value is -2.91. The number of nitrogens with one attached hydrogen (secondary N) is 1. The van der Waals surface area contributed by atoms with E-state index in [4.69, 9.17) is 10.3 Å². The van der Waals surface area contributed by atoms with Gasteiger partial charge in [-0.2, -0.15) is 4.98 Å². The minimum atomic E-state index is -3.30. The fourth-order valence-electron chi connectivity index (χ4n) is 3.38. The Labute approximate surface area is 156 Å². The summed E-state index contributed by atoms with van der Waals surface area (Å²) in [6.45, 7) is 0. The molecule has 1 aliphatic rings. The normalized spacial score (nSPS) is 16.4. The second-order valence-electron chi connectivity index (χ2n) is 6.55. The number of benzene rings is 2. The lowest BCUT2D eigenvalue weighted by molar-refractivity contribution is 0.432. The van der Waals surface area contributed by atoms with E-state index in [2.05, 4.69) is 14.9 Å². The number of phenols is 1. The monoisotopic (exact) mass is 386 g/mol. The number of aromatic hydroxyl groups is 1. The average molecular weight is 386 g/mol. The largest absolute Gasteiger partial charge is 0.506 e. The standard InChI is InChI=1S/C18H18N4O4S/c1-27(24,25)22-15-7-6-11-12(15)3-2-4-13(11)17-20-18(26-21-17)10-5-8-16(23)14(19)9-10/h2-5,8-9,15,22-23H,6-7,19H2,1H3/t15-/m0/s1. The summed E-state index contributed by atoms with van der Waals surface area (Å²) in [4.78, 5) is 4.45. The van der Waals surface area contributed by atoms with Crippen molar-refractivity contribution < 1.29 is 18.0 Å². The van der Waals surface area contributed by atoms with Gasteiger partial charge in [0.1, 0.15) is 5.75 Å². The van der Waals surface area contributed by atoms with Gasteiger partial charge in [0.15, 0.2) is 0 Å². The van der Waals surface area contributed by atoms with Crippen molar-refractivity contribution >= 4 is 15.7 Å². The summed E-state index contributed by atoms with van der Waals surface area (Å²) < 4.78 is 31.2. The molecule has 0 amide bonds. The predicted molar refractivity (Wildman–Crippen MR) is 100 cm³/mol. The summed E-state index contributed by atoms with van der Waals surface area (Å²) >= 11 is 0. The van der Waals surface area contributed by atoms with Crippen LogP contribution in [0, 0.1) is 0 Å². The van der Waals surface area contributed by atoms with E-state index in [1.807, 2.05) is 18.2 Å². The van der Waals surface area contributed by atoms with Crippen LogP contribution in [0.15, 0.2) is 40.9 Å². The highest BCUT2D eigenvalue weighted by molar-refractivity contribution is 7.88. The van der Waals surface area contributed by atoms with Crippen LogP contribution in [0.5, 0.6) is 5.75 Å². The maximum absolute atomic E-state index is 11.6. The van der Waals surface area contributed by atoms with Crippen LogP contribution in [-0.2, 0) is 16.4 Å². The minimum Gasteiger partial charge on any atom is -0.506 e. The van der Waals surface area contributed by atoms with Crippen molar-refractivity contribution in [2.75, 3.05) is 12.0 Å². The molecule has 1 aliphatic carbocycles. The number of fused-ring (bicyclic) bond motifs is 1. The fraction of sp³-hybridized carbons (Fsp3) is 0.222. The smallest absolute Gasteiger partial charge is 0.258 e. The van der Waals surface area contributed by atoms with E-state index in [9.17, 15) is 13.5 Å². The molecule has 0 unspecified atom stereocenters. The lowest BCUT2D eigenvalue weighted by Gasteiger charge is -2.12. The number of nitrogen functional groups attached to an aromatic ring is 1. The zero-order valence-electron chi connectivity index (χ0n) is 14.5. The van der Waals surface area contributed by atoms with E-state index in [0.29, 0.717) is 24.2 Å². The number of rotatable bonds is 4. The summed E-state index contributed by atoms with van der Waals surface area (Å²) in [6, 6.07) is 10.1. The molecule has 9 heteroatoms. The van der Waals surface area contributed by atoms with E-state index in [0.717, 1.165) is 22.9 Å². The number of hydrogen-bond acceptors (Lipinski definition) is 7. The van der Waals surface area contributed by atoms with Crippen LogP contribution in [0.2, 0.25) is 0 Å². The molecular weight excluding hydrogens is 368 g/mol. The third kappa shape index (κ3) is 3.38. The highest BCUT2D eigenvalue weighted by Crippen LogP contribution is 2.37. The first-order valence-electron chi connectivity index (χ1n) is 8.34. The summed E-state index contributed by atoms with van der Waals surface area (Å²) in [5, 5.41) is 13.6. The Morgan fingerprint density at radius 1 is 1.30 bits per heavy atom.